The summed E-state index contributed by atoms with van der Waals surface area (Å²) in [5.41, 5.74) is 2.19. The van der Waals surface area contributed by atoms with Gasteiger partial charge in [-0.2, -0.15) is 13.2 Å². The second-order valence-corrected chi connectivity index (χ2v) is 3.27. The van der Waals surface area contributed by atoms with Crippen LogP contribution in [0.25, 0.3) is 0 Å². The van der Waals surface area contributed by atoms with Gasteiger partial charge in [-0.3, -0.25) is 15.2 Å². The smallest absolute Gasteiger partial charge is 0.289 e. The summed E-state index contributed by atoms with van der Waals surface area (Å²) >= 11 is 0. The van der Waals surface area contributed by atoms with Crippen molar-refractivity contribution in [3.8, 4) is 0 Å². The predicted octanol–water partition coefficient (Wildman–Crippen LogP) is 2.19. The number of nitrogens with one attached hydrogen (secondary N) is 1. The molecule has 0 unspecified atom stereocenters. The zero-order chi connectivity index (χ0) is 12.3. The van der Waals surface area contributed by atoms with Crippen LogP contribution < -0.4 is 10.4 Å². The van der Waals surface area contributed by atoms with E-state index in [-0.39, 0.29) is 5.91 Å². The van der Waals surface area contributed by atoms with E-state index in [4.69, 9.17) is 0 Å². The molecule has 0 aliphatic heterocycles. The zero-order valence-corrected chi connectivity index (χ0v) is 8.80. The second kappa shape index (κ2) is 4.42. The number of benzene rings is 1. The summed E-state index contributed by atoms with van der Waals surface area (Å²) in [5, 5.41) is 1.35. The maximum atomic E-state index is 12.2. The zero-order valence-electron chi connectivity index (χ0n) is 8.80. The number of hydrogen-bond acceptors (Lipinski definition) is 2. The molecule has 1 aromatic carbocycles. The lowest BCUT2D eigenvalue weighted by atomic mass is 10.2. The van der Waals surface area contributed by atoms with Crippen molar-refractivity contribution in [2.45, 2.75) is 13.1 Å². The highest BCUT2D eigenvalue weighted by Gasteiger charge is 2.30. The largest absolute Gasteiger partial charge is 0.416 e. The van der Waals surface area contributed by atoms with Gasteiger partial charge in [0.2, 0.25) is 5.91 Å². The van der Waals surface area contributed by atoms with Crippen molar-refractivity contribution < 1.29 is 18.0 Å². The van der Waals surface area contributed by atoms with E-state index in [0.29, 0.717) is 5.69 Å². The molecular weight excluding hydrogens is 221 g/mol. The maximum absolute atomic E-state index is 12.2. The molecule has 1 amide bonds. The van der Waals surface area contributed by atoms with Gasteiger partial charge in [0.1, 0.15) is 0 Å². The topological polar surface area (TPSA) is 32.3 Å². The van der Waals surface area contributed by atoms with Gasteiger partial charge in [-0.05, 0) is 24.3 Å². The van der Waals surface area contributed by atoms with Crippen molar-refractivity contribution in [1.82, 2.24) is 5.43 Å². The minimum atomic E-state index is -4.34. The summed E-state index contributed by atoms with van der Waals surface area (Å²) < 4.78 is 36.7. The van der Waals surface area contributed by atoms with E-state index in [1.807, 2.05) is 0 Å². The number of hydrogen-bond donors (Lipinski definition) is 1. The molecule has 1 N–H and O–H groups in total. The van der Waals surface area contributed by atoms with E-state index in [1.165, 1.54) is 24.1 Å². The van der Waals surface area contributed by atoms with Crippen molar-refractivity contribution in [3.63, 3.8) is 0 Å². The van der Waals surface area contributed by atoms with Gasteiger partial charge in [0.25, 0.3) is 0 Å². The molecule has 0 aromatic heterocycles. The fraction of sp³-hybridized carbons (Fsp3) is 0.300. The van der Waals surface area contributed by atoms with E-state index >= 15 is 0 Å². The maximum Gasteiger partial charge on any atom is 0.416 e. The number of halogens is 3. The van der Waals surface area contributed by atoms with Crippen LogP contribution in [0.3, 0.4) is 0 Å². The quantitative estimate of drug-likeness (QED) is 0.793. The van der Waals surface area contributed by atoms with Crippen molar-refractivity contribution in [2.75, 3.05) is 12.1 Å². The van der Waals surface area contributed by atoms with Crippen molar-refractivity contribution in [3.05, 3.63) is 29.8 Å². The molecule has 0 aliphatic rings. The summed E-state index contributed by atoms with van der Waals surface area (Å²) in [6.45, 7) is 1.32. The molecule has 0 radical (unpaired) electrons. The first-order valence-electron chi connectivity index (χ1n) is 4.49. The van der Waals surface area contributed by atoms with E-state index in [1.54, 1.807) is 7.05 Å². The number of alkyl halides is 3. The van der Waals surface area contributed by atoms with Crippen molar-refractivity contribution >= 4 is 11.6 Å². The number of hydrazine groups is 1. The highest BCUT2D eigenvalue weighted by molar-refractivity contribution is 5.75. The first-order chi connectivity index (χ1) is 7.30. The molecule has 88 valence electrons. The van der Waals surface area contributed by atoms with Gasteiger partial charge >= 0.3 is 6.18 Å². The van der Waals surface area contributed by atoms with Crippen molar-refractivity contribution in [1.29, 1.82) is 0 Å². The highest BCUT2D eigenvalue weighted by Crippen LogP contribution is 2.30. The standard InChI is InChI=1S/C10H11F3N2O/c1-7(16)14-15(2)9-5-3-8(4-6-9)10(11,12)13/h3-6H,1-2H3,(H,14,16). The van der Waals surface area contributed by atoms with Crippen LogP contribution in [-0.2, 0) is 11.0 Å². The Bertz CT molecular complexity index is 373. The molecule has 16 heavy (non-hydrogen) atoms. The number of carbonyl (C=O) groups is 1. The van der Waals surface area contributed by atoms with Gasteiger partial charge in [0, 0.05) is 14.0 Å². The summed E-state index contributed by atoms with van der Waals surface area (Å²) in [5.74, 6) is -0.289. The summed E-state index contributed by atoms with van der Waals surface area (Å²) in [6.07, 6.45) is -4.34. The van der Waals surface area contributed by atoms with Gasteiger partial charge in [0.05, 0.1) is 11.3 Å². The molecule has 0 atom stereocenters. The minimum Gasteiger partial charge on any atom is -0.289 e. The Morgan fingerprint density at radius 2 is 1.75 bits per heavy atom. The van der Waals surface area contributed by atoms with E-state index in [9.17, 15) is 18.0 Å². The fourth-order valence-electron chi connectivity index (χ4n) is 1.17. The van der Waals surface area contributed by atoms with Gasteiger partial charge in [-0.25, -0.2) is 0 Å². The average molecular weight is 232 g/mol. The lowest BCUT2D eigenvalue weighted by molar-refractivity contribution is -0.137. The Morgan fingerprint density at radius 3 is 2.12 bits per heavy atom. The van der Waals surface area contributed by atoms with Crippen LogP contribution in [0.5, 0.6) is 0 Å². The molecule has 0 fully saturated rings. The Morgan fingerprint density at radius 1 is 1.25 bits per heavy atom. The number of carbonyl (C=O) groups excluding carboxylic acids is 1. The van der Waals surface area contributed by atoms with Crippen LogP contribution in [-0.4, -0.2) is 13.0 Å². The Kier molecular flexibility index (Phi) is 3.41. The van der Waals surface area contributed by atoms with Crippen LogP contribution in [0.15, 0.2) is 24.3 Å². The van der Waals surface area contributed by atoms with Crippen LogP contribution in [0, 0.1) is 0 Å². The van der Waals surface area contributed by atoms with Crippen LogP contribution in [0.4, 0.5) is 18.9 Å². The Labute approximate surface area is 90.8 Å². The van der Waals surface area contributed by atoms with E-state index in [2.05, 4.69) is 5.43 Å². The summed E-state index contributed by atoms with van der Waals surface area (Å²) in [4.78, 5) is 10.7. The minimum absolute atomic E-state index is 0.289. The van der Waals surface area contributed by atoms with Gasteiger partial charge in [-0.15, -0.1) is 0 Å². The molecule has 0 saturated heterocycles. The molecule has 1 aromatic rings. The fourth-order valence-corrected chi connectivity index (χ4v) is 1.17. The lowest BCUT2D eigenvalue weighted by Crippen LogP contribution is -2.37. The first-order valence-corrected chi connectivity index (χ1v) is 4.49. The van der Waals surface area contributed by atoms with Crippen LogP contribution >= 0.6 is 0 Å². The SMILES string of the molecule is CC(=O)NN(C)c1ccc(C(F)(F)F)cc1. The average Bonchev–Trinajstić information content (AvgIpc) is 2.15. The molecule has 0 bridgehead atoms. The van der Waals surface area contributed by atoms with E-state index in [0.717, 1.165) is 12.1 Å². The summed E-state index contributed by atoms with van der Waals surface area (Å²) in [6, 6.07) is 4.51. The molecule has 0 spiro atoms. The monoisotopic (exact) mass is 232 g/mol. The normalized spacial score (nSPS) is 11.1. The molecule has 0 aliphatic carbocycles. The third kappa shape index (κ3) is 3.15. The third-order valence-electron chi connectivity index (χ3n) is 1.91. The van der Waals surface area contributed by atoms with Gasteiger partial charge in [-0.1, -0.05) is 0 Å². The molecular formula is C10H11F3N2O. The Hall–Kier alpha value is -1.72. The number of nitrogens with zero attached hydrogens (tertiary/aromatic N) is 1. The van der Waals surface area contributed by atoms with Crippen LogP contribution in [0.1, 0.15) is 12.5 Å². The predicted molar refractivity (Wildman–Crippen MR) is 53.7 cm³/mol. The first kappa shape index (κ1) is 12.4. The third-order valence-corrected chi connectivity index (χ3v) is 1.91. The Balaban J connectivity index is 2.83. The lowest BCUT2D eigenvalue weighted by Gasteiger charge is -2.19. The summed E-state index contributed by atoms with van der Waals surface area (Å²) in [7, 11) is 1.55. The molecule has 1 rings (SSSR count). The number of anilines is 1. The molecule has 0 heterocycles. The van der Waals surface area contributed by atoms with Gasteiger partial charge < -0.3 is 0 Å². The molecule has 0 saturated carbocycles. The van der Waals surface area contributed by atoms with Crippen molar-refractivity contribution in [2.24, 2.45) is 0 Å². The molecule has 6 heteroatoms. The number of rotatable bonds is 2. The second-order valence-electron chi connectivity index (χ2n) is 3.27. The highest BCUT2D eigenvalue weighted by atomic mass is 19.4. The number of amides is 1. The van der Waals surface area contributed by atoms with Crippen LogP contribution in [0.2, 0.25) is 0 Å². The van der Waals surface area contributed by atoms with Gasteiger partial charge in [0.15, 0.2) is 0 Å². The van der Waals surface area contributed by atoms with E-state index < -0.39 is 11.7 Å². The molecule has 3 nitrogen and oxygen atoms in total.